The first-order valence-corrected chi connectivity index (χ1v) is 13.4. The van der Waals surface area contributed by atoms with Crippen LogP contribution < -0.4 is 9.47 Å². The molecular weight excluding hydrogens is 456 g/mol. The number of hydrogen-bond donors (Lipinski definition) is 0. The molecule has 198 valence electrons. The smallest absolute Gasteiger partial charge is 0.338 e. The summed E-state index contributed by atoms with van der Waals surface area (Å²) in [6.45, 7) is 7.11. The van der Waals surface area contributed by atoms with Crippen LogP contribution in [-0.4, -0.2) is 31.8 Å². The van der Waals surface area contributed by atoms with Gasteiger partial charge in [0.25, 0.3) is 0 Å². The van der Waals surface area contributed by atoms with Crippen molar-refractivity contribution in [2.45, 2.75) is 85.0 Å². The molecule has 6 nitrogen and oxygen atoms in total. The SMILES string of the molecule is CCCCCCCCCCOc1cccc(Oc2ccc(C(=O)OCC)cc2)c1CCC(=O)OCC. The van der Waals surface area contributed by atoms with Gasteiger partial charge >= 0.3 is 11.9 Å². The summed E-state index contributed by atoms with van der Waals surface area (Å²) in [6.07, 6.45) is 10.6. The molecule has 0 aromatic heterocycles. The van der Waals surface area contributed by atoms with Crippen molar-refractivity contribution in [3.8, 4) is 17.2 Å². The van der Waals surface area contributed by atoms with E-state index in [9.17, 15) is 9.59 Å². The summed E-state index contributed by atoms with van der Waals surface area (Å²) in [4.78, 5) is 23.9. The fourth-order valence-corrected chi connectivity index (χ4v) is 3.90. The molecule has 0 saturated heterocycles. The van der Waals surface area contributed by atoms with Gasteiger partial charge in [0.15, 0.2) is 0 Å². The minimum Gasteiger partial charge on any atom is -0.493 e. The maximum absolute atomic E-state index is 12.0. The van der Waals surface area contributed by atoms with E-state index in [4.69, 9.17) is 18.9 Å². The van der Waals surface area contributed by atoms with E-state index in [1.807, 2.05) is 18.2 Å². The van der Waals surface area contributed by atoms with Crippen molar-refractivity contribution in [2.75, 3.05) is 19.8 Å². The molecule has 0 aliphatic rings. The topological polar surface area (TPSA) is 71.1 Å². The van der Waals surface area contributed by atoms with Crippen LogP contribution in [0.5, 0.6) is 17.2 Å². The monoisotopic (exact) mass is 498 g/mol. The number of carbonyl (C=O) groups excluding carboxylic acids is 2. The largest absolute Gasteiger partial charge is 0.493 e. The van der Waals surface area contributed by atoms with Crippen molar-refractivity contribution in [1.29, 1.82) is 0 Å². The van der Waals surface area contributed by atoms with Crippen LogP contribution >= 0.6 is 0 Å². The van der Waals surface area contributed by atoms with Crippen molar-refractivity contribution in [2.24, 2.45) is 0 Å². The number of esters is 2. The number of carbonyl (C=O) groups is 2. The van der Waals surface area contributed by atoms with Crippen molar-refractivity contribution < 1.29 is 28.5 Å². The van der Waals surface area contributed by atoms with Crippen LogP contribution in [0.25, 0.3) is 0 Å². The van der Waals surface area contributed by atoms with Gasteiger partial charge in [-0.05, 0) is 63.1 Å². The molecule has 0 bridgehead atoms. The number of ether oxygens (including phenoxy) is 4. The van der Waals surface area contributed by atoms with Crippen LogP contribution in [0.4, 0.5) is 0 Å². The van der Waals surface area contributed by atoms with Crippen LogP contribution in [0.3, 0.4) is 0 Å². The van der Waals surface area contributed by atoms with E-state index >= 15 is 0 Å². The molecule has 0 fully saturated rings. The number of hydrogen-bond acceptors (Lipinski definition) is 6. The van der Waals surface area contributed by atoms with Crippen molar-refractivity contribution in [3.05, 3.63) is 53.6 Å². The second kappa shape index (κ2) is 17.4. The Hall–Kier alpha value is -3.02. The van der Waals surface area contributed by atoms with Crippen molar-refractivity contribution >= 4 is 11.9 Å². The predicted octanol–water partition coefficient (Wildman–Crippen LogP) is 7.67. The number of rotatable bonds is 18. The van der Waals surface area contributed by atoms with Crippen molar-refractivity contribution in [1.82, 2.24) is 0 Å². The molecule has 0 atom stereocenters. The minimum absolute atomic E-state index is 0.240. The molecule has 0 aliphatic heterocycles. The maximum atomic E-state index is 12.0. The molecule has 0 heterocycles. The molecule has 2 aromatic carbocycles. The van der Waals surface area contributed by atoms with Gasteiger partial charge in [-0.15, -0.1) is 0 Å². The lowest BCUT2D eigenvalue weighted by molar-refractivity contribution is -0.143. The van der Waals surface area contributed by atoms with Gasteiger partial charge in [-0.3, -0.25) is 4.79 Å². The van der Waals surface area contributed by atoms with E-state index in [1.165, 1.54) is 38.5 Å². The van der Waals surface area contributed by atoms with E-state index < -0.39 is 0 Å². The molecule has 0 aliphatic carbocycles. The average Bonchev–Trinajstić information content (AvgIpc) is 2.88. The Morgan fingerprint density at radius 1 is 0.722 bits per heavy atom. The standard InChI is InChI=1S/C30H42O6/c1-4-7-8-9-10-11-12-13-23-35-27-15-14-16-28(26(27)21-22-29(31)33-5-2)36-25-19-17-24(18-20-25)30(32)34-6-3/h14-20H,4-13,21-23H2,1-3H3. The average molecular weight is 499 g/mol. The van der Waals surface area contributed by atoms with Gasteiger partial charge in [-0.1, -0.05) is 57.9 Å². The summed E-state index contributed by atoms with van der Waals surface area (Å²) in [6, 6.07) is 12.5. The summed E-state index contributed by atoms with van der Waals surface area (Å²) in [5, 5.41) is 0. The van der Waals surface area contributed by atoms with Crippen LogP contribution in [0, 0.1) is 0 Å². The second-order valence-electron chi connectivity index (χ2n) is 8.71. The first-order chi connectivity index (χ1) is 17.6. The van der Waals surface area contributed by atoms with Crippen LogP contribution in [-0.2, 0) is 20.7 Å². The fraction of sp³-hybridized carbons (Fsp3) is 0.533. The van der Waals surface area contributed by atoms with E-state index in [0.717, 1.165) is 24.2 Å². The van der Waals surface area contributed by atoms with Crippen LogP contribution in [0.2, 0.25) is 0 Å². The third-order valence-corrected chi connectivity index (χ3v) is 5.82. The molecule has 0 saturated carbocycles. The summed E-state index contributed by atoms with van der Waals surface area (Å²) in [7, 11) is 0. The quantitative estimate of drug-likeness (QED) is 0.155. The zero-order valence-corrected chi connectivity index (χ0v) is 22.2. The Morgan fingerprint density at radius 3 is 2.03 bits per heavy atom. The molecule has 2 aromatic rings. The molecule has 0 radical (unpaired) electrons. The second-order valence-corrected chi connectivity index (χ2v) is 8.71. The van der Waals surface area contributed by atoms with E-state index in [-0.39, 0.29) is 18.4 Å². The minimum atomic E-state index is -0.365. The lowest BCUT2D eigenvalue weighted by atomic mass is 10.1. The number of unbranched alkanes of at least 4 members (excludes halogenated alkanes) is 7. The summed E-state index contributed by atoms with van der Waals surface area (Å²) in [5.41, 5.74) is 1.30. The molecule has 6 heteroatoms. The molecular formula is C30H42O6. The van der Waals surface area contributed by atoms with Gasteiger partial charge in [0.05, 0.1) is 25.4 Å². The third kappa shape index (κ3) is 10.7. The Bertz CT molecular complexity index is 906. The highest BCUT2D eigenvalue weighted by Crippen LogP contribution is 2.33. The van der Waals surface area contributed by atoms with Gasteiger partial charge in [-0.25, -0.2) is 4.79 Å². The predicted molar refractivity (Wildman–Crippen MR) is 142 cm³/mol. The summed E-state index contributed by atoms with van der Waals surface area (Å²) in [5.74, 6) is 1.32. The van der Waals surface area contributed by atoms with E-state index in [1.54, 1.807) is 38.1 Å². The third-order valence-electron chi connectivity index (χ3n) is 5.82. The molecule has 0 unspecified atom stereocenters. The van der Waals surface area contributed by atoms with Gasteiger partial charge in [-0.2, -0.15) is 0 Å². The highest BCUT2D eigenvalue weighted by molar-refractivity contribution is 5.89. The van der Waals surface area contributed by atoms with Gasteiger partial charge < -0.3 is 18.9 Å². The highest BCUT2D eigenvalue weighted by atomic mass is 16.5. The highest BCUT2D eigenvalue weighted by Gasteiger charge is 2.15. The Morgan fingerprint density at radius 2 is 1.36 bits per heavy atom. The first kappa shape index (κ1) is 29.2. The van der Waals surface area contributed by atoms with Gasteiger partial charge in [0.1, 0.15) is 17.2 Å². The number of benzene rings is 2. The van der Waals surface area contributed by atoms with Crippen LogP contribution in [0.1, 0.15) is 94.5 Å². The normalized spacial score (nSPS) is 10.6. The lowest BCUT2D eigenvalue weighted by Crippen LogP contribution is -2.08. The Balaban J connectivity index is 2.02. The molecule has 2 rings (SSSR count). The summed E-state index contributed by atoms with van der Waals surface area (Å²) < 4.78 is 22.4. The zero-order valence-electron chi connectivity index (χ0n) is 22.2. The Labute approximate surface area is 216 Å². The Kier molecular flexibility index (Phi) is 14.1. The lowest BCUT2D eigenvalue weighted by Gasteiger charge is -2.16. The van der Waals surface area contributed by atoms with Crippen molar-refractivity contribution in [3.63, 3.8) is 0 Å². The maximum Gasteiger partial charge on any atom is 0.338 e. The molecule has 0 amide bonds. The molecule has 36 heavy (non-hydrogen) atoms. The molecule has 0 N–H and O–H groups in total. The van der Waals surface area contributed by atoms with E-state index in [0.29, 0.717) is 43.3 Å². The van der Waals surface area contributed by atoms with Gasteiger partial charge in [0, 0.05) is 12.0 Å². The molecule has 0 spiro atoms. The van der Waals surface area contributed by atoms with Gasteiger partial charge in [0.2, 0.25) is 0 Å². The fourth-order valence-electron chi connectivity index (χ4n) is 3.90. The van der Waals surface area contributed by atoms with Crippen LogP contribution in [0.15, 0.2) is 42.5 Å². The zero-order chi connectivity index (χ0) is 26.0. The summed E-state index contributed by atoms with van der Waals surface area (Å²) >= 11 is 0. The van der Waals surface area contributed by atoms with E-state index in [2.05, 4.69) is 6.92 Å². The first-order valence-electron chi connectivity index (χ1n) is 13.4.